The Morgan fingerprint density at radius 1 is 1.02 bits per heavy atom. The third-order valence-corrected chi connectivity index (χ3v) is 8.91. The number of aliphatic hydroxyl groups is 1. The maximum absolute atomic E-state index is 13.7. The first-order valence-electron chi connectivity index (χ1n) is 13.9. The molecule has 0 amide bonds. The molecule has 0 atom stereocenters. The molecule has 41 heavy (non-hydrogen) atoms. The predicted molar refractivity (Wildman–Crippen MR) is 152 cm³/mol. The maximum Gasteiger partial charge on any atom is 0.336 e. The fourth-order valence-corrected chi connectivity index (χ4v) is 6.38. The van der Waals surface area contributed by atoms with E-state index in [4.69, 9.17) is 19.6 Å². The molecule has 1 saturated heterocycles. The minimum Gasteiger partial charge on any atom is -0.493 e. The Hall–Kier alpha value is -3.37. The van der Waals surface area contributed by atoms with Crippen LogP contribution in [0.4, 0.5) is 0 Å². The molecule has 0 spiro atoms. The van der Waals surface area contributed by atoms with Gasteiger partial charge in [0.05, 0.1) is 36.9 Å². The number of aliphatic hydroxyl groups excluding tert-OH is 1. The second kappa shape index (κ2) is 12.7. The Bertz CT molecular complexity index is 1660. The highest BCUT2D eigenvalue weighted by atomic mass is 32.2. The highest BCUT2D eigenvalue weighted by molar-refractivity contribution is 7.89. The number of nitrogens with zero attached hydrogens (tertiary/aromatic N) is 7. The number of aryl methyl sites for hydroxylation is 1. The molecule has 222 valence electrons. The zero-order chi connectivity index (χ0) is 29.0. The number of rotatable bonds is 13. The predicted octanol–water partition coefficient (Wildman–Crippen LogP) is 0.948. The SMILES string of the molecule is CCCOc1ccc(S(=O)(=O)N2CCN(CCOCCO)CC2)cc1-c1nc2c([nH]1)c1nncn1c(=O)n2CCC. The quantitative estimate of drug-likeness (QED) is 0.215. The van der Waals surface area contributed by atoms with Crippen molar-refractivity contribution in [1.29, 1.82) is 0 Å². The van der Waals surface area contributed by atoms with Crippen molar-refractivity contribution in [2.24, 2.45) is 0 Å². The number of H-pyrrole nitrogens is 1. The van der Waals surface area contributed by atoms with Crippen molar-refractivity contribution in [2.45, 2.75) is 38.1 Å². The van der Waals surface area contributed by atoms with Gasteiger partial charge in [0.15, 0.2) is 11.3 Å². The molecule has 1 fully saturated rings. The summed E-state index contributed by atoms with van der Waals surface area (Å²) in [4.78, 5) is 23.4. The number of hydrogen-bond acceptors (Lipinski definition) is 10. The number of nitrogens with one attached hydrogen (secondary N) is 1. The van der Waals surface area contributed by atoms with Gasteiger partial charge in [0, 0.05) is 39.3 Å². The van der Waals surface area contributed by atoms with Crippen LogP contribution in [0.2, 0.25) is 0 Å². The van der Waals surface area contributed by atoms with Crippen molar-refractivity contribution in [1.82, 2.24) is 38.3 Å². The summed E-state index contributed by atoms with van der Waals surface area (Å²) in [5.74, 6) is 0.857. The Balaban J connectivity index is 1.49. The van der Waals surface area contributed by atoms with Gasteiger partial charge >= 0.3 is 5.69 Å². The smallest absolute Gasteiger partial charge is 0.336 e. The highest BCUT2D eigenvalue weighted by Crippen LogP contribution is 2.33. The molecule has 0 bridgehead atoms. The average Bonchev–Trinajstić information content (AvgIpc) is 3.65. The molecular weight excluding hydrogens is 552 g/mol. The third kappa shape index (κ3) is 5.85. The second-order valence-corrected chi connectivity index (χ2v) is 11.8. The van der Waals surface area contributed by atoms with Crippen LogP contribution in [0.25, 0.3) is 28.2 Å². The molecule has 4 heterocycles. The van der Waals surface area contributed by atoms with Crippen LogP contribution < -0.4 is 10.4 Å². The van der Waals surface area contributed by atoms with E-state index in [0.29, 0.717) is 99.5 Å². The van der Waals surface area contributed by atoms with E-state index >= 15 is 0 Å². The molecule has 0 aliphatic carbocycles. The summed E-state index contributed by atoms with van der Waals surface area (Å²) in [5, 5.41) is 16.9. The van der Waals surface area contributed by atoms with Gasteiger partial charge in [-0.1, -0.05) is 13.8 Å². The number of hydrogen-bond donors (Lipinski definition) is 2. The lowest BCUT2D eigenvalue weighted by Crippen LogP contribution is -2.49. The van der Waals surface area contributed by atoms with Crippen molar-refractivity contribution in [3.05, 3.63) is 35.0 Å². The van der Waals surface area contributed by atoms with Crippen LogP contribution in [-0.4, -0.2) is 111 Å². The molecule has 5 rings (SSSR count). The zero-order valence-electron chi connectivity index (χ0n) is 23.3. The summed E-state index contributed by atoms with van der Waals surface area (Å²) in [5.41, 5.74) is 1.47. The Morgan fingerprint density at radius 3 is 2.56 bits per heavy atom. The van der Waals surface area contributed by atoms with E-state index in [0.717, 1.165) is 6.42 Å². The first-order chi connectivity index (χ1) is 19.9. The average molecular weight is 589 g/mol. The van der Waals surface area contributed by atoms with E-state index in [-0.39, 0.29) is 17.2 Å². The fraction of sp³-hybridized carbons (Fsp3) is 0.538. The molecule has 0 unspecified atom stereocenters. The van der Waals surface area contributed by atoms with Gasteiger partial charge in [-0.05, 0) is 31.0 Å². The molecule has 1 aromatic carbocycles. The van der Waals surface area contributed by atoms with E-state index in [9.17, 15) is 13.2 Å². The summed E-state index contributed by atoms with van der Waals surface area (Å²) in [7, 11) is -3.80. The minimum atomic E-state index is -3.80. The lowest BCUT2D eigenvalue weighted by molar-refractivity contribution is 0.0661. The third-order valence-electron chi connectivity index (χ3n) is 7.02. The van der Waals surface area contributed by atoms with Gasteiger partial charge in [-0.25, -0.2) is 22.6 Å². The Labute approximate surface area is 237 Å². The zero-order valence-corrected chi connectivity index (χ0v) is 24.1. The summed E-state index contributed by atoms with van der Waals surface area (Å²) >= 11 is 0. The standard InChI is InChI=1S/C26H36N8O6S/c1-3-7-33-24-22(25-30-27-18-34(25)26(33)36)28-23(29-24)20-17-19(5-6-21(20)40-14-4-2)41(37,38)32-10-8-31(9-11-32)12-15-39-16-13-35/h5-6,17-18,35H,3-4,7-16H2,1-2H3,(H,28,29). The minimum absolute atomic E-state index is 0.0202. The molecule has 4 aromatic rings. The second-order valence-electron chi connectivity index (χ2n) is 9.83. The number of imidazole rings is 1. The summed E-state index contributed by atoms with van der Waals surface area (Å²) in [6, 6.07) is 4.80. The summed E-state index contributed by atoms with van der Waals surface area (Å²) in [6.07, 6.45) is 2.85. The summed E-state index contributed by atoms with van der Waals surface area (Å²) < 4.78 is 43.2. The topological polar surface area (TPSA) is 160 Å². The van der Waals surface area contributed by atoms with Gasteiger partial charge in [-0.3, -0.25) is 9.47 Å². The lowest BCUT2D eigenvalue weighted by Gasteiger charge is -2.33. The molecular formula is C26H36N8O6S. The first-order valence-corrected chi connectivity index (χ1v) is 15.3. The van der Waals surface area contributed by atoms with E-state index in [1.54, 1.807) is 22.8 Å². The number of piperazine rings is 1. The monoisotopic (exact) mass is 588 g/mol. The van der Waals surface area contributed by atoms with Crippen molar-refractivity contribution in [2.75, 3.05) is 59.2 Å². The van der Waals surface area contributed by atoms with Crippen LogP contribution in [0.5, 0.6) is 5.75 Å². The van der Waals surface area contributed by atoms with Crippen LogP contribution in [-0.2, 0) is 21.3 Å². The Kier molecular flexibility index (Phi) is 8.99. The maximum atomic E-state index is 13.7. The van der Waals surface area contributed by atoms with E-state index in [2.05, 4.69) is 20.1 Å². The molecule has 14 nitrogen and oxygen atoms in total. The van der Waals surface area contributed by atoms with Crippen molar-refractivity contribution in [3.8, 4) is 17.1 Å². The van der Waals surface area contributed by atoms with Crippen LogP contribution in [0.1, 0.15) is 26.7 Å². The largest absolute Gasteiger partial charge is 0.493 e. The molecule has 0 saturated carbocycles. The number of sulfonamides is 1. The number of aromatic nitrogens is 6. The highest BCUT2D eigenvalue weighted by Gasteiger charge is 2.30. The van der Waals surface area contributed by atoms with E-state index < -0.39 is 10.0 Å². The van der Waals surface area contributed by atoms with E-state index in [1.807, 2.05) is 13.8 Å². The van der Waals surface area contributed by atoms with Crippen LogP contribution in [0.3, 0.4) is 0 Å². The summed E-state index contributed by atoms with van der Waals surface area (Å²) in [6.45, 7) is 8.15. The van der Waals surface area contributed by atoms with Gasteiger partial charge in [-0.15, -0.1) is 10.2 Å². The van der Waals surface area contributed by atoms with Crippen LogP contribution >= 0.6 is 0 Å². The fourth-order valence-electron chi connectivity index (χ4n) is 4.93. The number of aromatic amines is 1. The number of fused-ring (bicyclic) bond motifs is 3. The van der Waals surface area contributed by atoms with Gasteiger partial charge in [0.1, 0.15) is 23.4 Å². The first kappa shape index (κ1) is 29.1. The van der Waals surface area contributed by atoms with Crippen LogP contribution in [0.15, 0.2) is 34.2 Å². The molecule has 1 aliphatic heterocycles. The van der Waals surface area contributed by atoms with Crippen molar-refractivity contribution >= 4 is 26.8 Å². The van der Waals surface area contributed by atoms with Gasteiger partial charge in [-0.2, -0.15) is 4.31 Å². The van der Waals surface area contributed by atoms with Gasteiger partial charge < -0.3 is 19.6 Å². The molecule has 0 radical (unpaired) electrons. The van der Waals surface area contributed by atoms with Gasteiger partial charge in [0.25, 0.3) is 0 Å². The Morgan fingerprint density at radius 2 is 1.83 bits per heavy atom. The van der Waals surface area contributed by atoms with Gasteiger partial charge in [0.2, 0.25) is 10.0 Å². The molecule has 3 aromatic heterocycles. The van der Waals surface area contributed by atoms with Crippen molar-refractivity contribution < 1.29 is 23.0 Å². The number of benzene rings is 1. The van der Waals surface area contributed by atoms with Crippen molar-refractivity contribution in [3.63, 3.8) is 0 Å². The molecule has 15 heteroatoms. The lowest BCUT2D eigenvalue weighted by atomic mass is 10.2. The molecule has 2 N–H and O–H groups in total. The van der Waals surface area contributed by atoms with E-state index in [1.165, 1.54) is 15.0 Å². The normalized spacial score (nSPS) is 15.3. The van der Waals surface area contributed by atoms with Crippen LogP contribution in [0, 0.1) is 0 Å². The number of ether oxygens (including phenoxy) is 2. The molecule has 1 aliphatic rings.